The Kier molecular flexibility index (Phi) is 5.43. The summed E-state index contributed by atoms with van der Waals surface area (Å²) < 4.78 is 0. The van der Waals surface area contributed by atoms with Crippen molar-refractivity contribution in [1.82, 2.24) is 0 Å². The van der Waals surface area contributed by atoms with Gasteiger partial charge in [0.1, 0.15) is 5.78 Å². The van der Waals surface area contributed by atoms with E-state index in [1.54, 1.807) is 13.8 Å². The Bertz CT molecular complexity index is 152. The number of rotatable bonds is 5. The SMILES string of the molecule is CC(=O)CCCCC(C)=NO. The summed E-state index contributed by atoms with van der Waals surface area (Å²) in [6, 6.07) is 0. The summed E-state index contributed by atoms with van der Waals surface area (Å²) in [4.78, 5) is 10.5. The van der Waals surface area contributed by atoms with Crippen LogP contribution in [0.2, 0.25) is 0 Å². The Morgan fingerprint density at radius 2 is 1.82 bits per heavy atom. The largest absolute Gasteiger partial charge is 0.411 e. The molecular weight excluding hydrogens is 142 g/mol. The van der Waals surface area contributed by atoms with E-state index in [1.807, 2.05) is 0 Å². The molecule has 1 N–H and O–H groups in total. The van der Waals surface area contributed by atoms with E-state index >= 15 is 0 Å². The molecule has 0 saturated heterocycles. The summed E-state index contributed by atoms with van der Waals surface area (Å²) in [6.45, 7) is 3.36. The first-order valence-electron chi connectivity index (χ1n) is 3.83. The molecule has 0 aromatic carbocycles. The molecule has 0 rings (SSSR count). The lowest BCUT2D eigenvalue weighted by molar-refractivity contribution is -0.117. The summed E-state index contributed by atoms with van der Waals surface area (Å²) >= 11 is 0. The van der Waals surface area contributed by atoms with Gasteiger partial charge in [0.25, 0.3) is 0 Å². The van der Waals surface area contributed by atoms with Crippen LogP contribution in [0.1, 0.15) is 39.5 Å². The van der Waals surface area contributed by atoms with Gasteiger partial charge in [0.15, 0.2) is 0 Å². The smallest absolute Gasteiger partial charge is 0.129 e. The van der Waals surface area contributed by atoms with Gasteiger partial charge in [-0.25, -0.2) is 0 Å². The molecule has 0 aliphatic heterocycles. The molecule has 0 unspecified atom stereocenters. The van der Waals surface area contributed by atoms with Crippen LogP contribution in [0, 0.1) is 0 Å². The van der Waals surface area contributed by atoms with Crippen molar-refractivity contribution in [3.8, 4) is 0 Å². The van der Waals surface area contributed by atoms with Gasteiger partial charge in [0.05, 0.1) is 5.71 Å². The molecule has 0 aliphatic carbocycles. The zero-order valence-corrected chi connectivity index (χ0v) is 7.13. The van der Waals surface area contributed by atoms with Crippen molar-refractivity contribution >= 4 is 11.5 Å². The molecule has 0 atom stereocenters. The summed E-state index contributed by atoms with van der Waals surface area (Å²) in [5.74, 6) is 0.226. The zero-order valence-electron chi connectivity index (χ0n) is 7.13. The Hall–Kier alpha value is -0.860. The van der Waals surface area contributed by atoms with Crippen molar-refractivity contribution in [2.24, 2.45) is 5.16 Å². The quantitative estimate of drug-likeness (QED) is 0.287. The van der Waals surface area contributed by atoms with Crippen LogP contribution in [0.3, 0.4) is 0 Å². The molecule has 3 heteroatoms. The Balaban J connectivity index is 3.21. The third-order valence-corrected chi connectivity index (χ3v) is 1.49. The van der Waals surface area contributed by atoms with Crippen molar-refractivity contribution in [2.75, 3.05) is 0 Å². The third kappa shape index (κ3) is 7.03. The van der Waals surface area contributed by atoms with Crippen molar-refractivity contribution in [1.29, 1.82) is 0 Å². The lowest BCUT2D eigenvalue weighted by atomic mass is 10.1. The maximum absolute atomic E-state index is 10.5. The first-order chi connectivity index (χ1) is 5.16. The topological polar surface area (TPSA) is 49.7 Å². The number of unbranched alkanes of at least 4 members (excludes halogenated alkanes) is 1. The normalized spacial score (nSPS) is 11.6. The Morgan fingerprint density at radius 3 is 2.27 bits per heavy atom. The fourth-order valence-corrected chi connectivity index (χ4v) is 0.805. The van der Waals surface area contributed by atoms with Crippen LogP contribution in [0.4, 0.5) is 0 Å². The summed E-state index contributed by atoms with van der Waals surface area (Å²) in [6.07, 6.45) is 3.24. The minimum Gasteiger partial charge on any atom is -0.411 e. The van der Waals surface area contributed by atoms with Crippen LogP contribution in [-0.4, -0.2) is 16.7 Å². The van der Waals surface area contributed by atoms with Crippen LogP contribution in [-0.2, 0) is 4.79 Å². The summed E-state index contributed by atoms with van der Waals surface area (Å²) in [5.41, 5.74) is 0.730. The van der Waals surface area contributed by atoms with Crippen LogP contribution in [0.5, 0.6) is 0 Å². The van der Waals surface area contributed by atoms with E-state index in [0.29, 0.717) is 6.42 Å². The number of Topliss-reactive ketones (excluding diaryl/α,β-unsaturated/α-hetero) is 1. The summed E-state index contributed by atoms with van der Waals surface area (Å²) in [7, 11) is 0. The number of nitrogens with zero attached hydrogens (tertiary/aromatic N) is 1. The predicted octanol–water partition coefficient (Wildman–Crippen LogP) is 1.99. The zero-order chi connectivity index (χ0) is 8.69. The van der Waals surface area contributed by atoms with E-state index in [0.717, 1.165) is 25.0 Å². The number of hydrogen-bond donors (Lipinski definition) is 1. The van der Waals surface area contributed by atoms with E-state index in [2.05, 4.69) is 5.16 Å². The van der Waals surface area contributed by atoms with Gasteiger partial charge in [-0.05, 0) is 33.1 Å². The van der Waals surface area contributed by atoms with Crippen LogP contribution < -0.4 is 0 Å². The fourth-order valence-electron chi connectivity index (χ4n) is 0.805. The first-order valence-corrected chi connectivity index (χ1v) is 3.83. The molecule has 0 heterocycles. The monoisotopic (exact) mass is 157 g/mol. The second-order valence-corrected chi connectivity index (χ2v) is 2.74. The summed E-state index contributed by atoms with van der Waals surface area (Å²) in [5, 5.41) is 11.3. The number of hydrogen-bond acceptors (Lipinski definition) is 3. The average molecular weight is 157 g/mol. The number of carbonyl (C=O) groups excluding carboxylic acids is 1. The molecule has 0 fully saturated rings. The van der Waals surface area contributed by atoms with Gasteiger partial charge in [-0.3, -0.25) is 0 Å². The second kappa shape index (κ2) is 5.89. The number of carbonyl (C=O) groups is 1. The van der Waals surface area contributed by atoms with Gasteiger partial charge in [-0.2, -0.15) is 0 Å². The maximum atomic E-state index is 10.5. The standard InChI is InChI=1S/C8H15NO2/c1-7(9-11)5-3-4-6-8(2)10/h11H,3-6H2,1-2H3. The van der Waals surface area contributed by atoms with Gasteiger partial charge < -0.3 is 10.0 Å². The molecule has 0 aliphatic rings. The van der Waals surface area contributed by atoms with Gasteiger partial charge in [-0.1, -0.05) is 5.16 Å². The van der Waals surface area contributed by atoms with Crippen molar-refractivity contribution in [3.05, 3.63) is 0 Å². The number of oxime groups is 1. The maximum Gasteiger partial charge on any atom is 0.129 e. The Morgan fingerprint density at radius 1 is 1.27 bits per heavy atom. The predicted molar refractivity (Wildman–Crippen MR) is 44.0 cm³/mol. The van der Waals surface area contributed by atoms with Crippen LogP contribution in [0.15, 0.2) is 5.16 Å². The molecule has 11 heavy (non-hydrogen) atoms. The highest BCUT2D eigenvalue weighted by Crippen LogP contribution is 2.01. The van der Waals surface area contributed by atoms with E-state index < -0.39 is 0 Å². The van der Waals surface area contributed by atoms with Gasteiger partial charge in [0, 0.05) is 6.42 Å². The van der Waals surface area contributed by atoms with Crippen molar-refractivity contribution in [2.45, 2.75) is 39.5 Å². The average Bonchev–Trinajstić information content (AvgIpc) is 1.97. The molecule has 0 radical (unpaired) electrons. The Labute approximate surface area is 67.1 Å². The van der Waals surface area contributed by atoms with Crippen LogP contribution >= 0.6 is 0 Å². The highest BCUT2D eigenvalue weighted by atomic mass is 16.4. The molecule has 3 nitrogen and oxygen atoms in total. The van der Waals surface area contributed by atoms with Crippen molar-refractivity contribution < 1.29 is 10.0 Å². The molecular formula is C8H15NO2. The van der Waals surface area contributed by atoms with E-state index in [1.165, 1.54) is 0 Å². The van der Waals surface area contributed by atoms with Gasteiger partial charge >= 0.3 is 0 Å². The first kappa shape index (κ1) is 10.1. The molecule has 0 saturated carbocycles. The van der Waals surface area contributed by atoms with Crippen LogP contribution in [0.25, 0.3) is 0 Å². The van der Waals surface area contributed by atoms with Gasteiger partial charge in [-0.15, -0.1) is 0 Å². The van der Waals surface area contributed by atoms with E-state index in [-0.39, 0.29) is 5.78 Å². The highest BCUT2D eigenvalue weighted by molar-refractivity contribution is 5.81. The van der Waals surface area contributed by atoms with Gasteiger partial charge in [0.2, 0.25) is 0 Å². The van der Waals surface area contributed by atoms with E-state index in [9.17, 15) is 4.79 Å². The van der Waals surface area contributed by atoms with E-state index in [4.69, 9.17) is 5.21 Å². The third-order valence-electron chi connectivity index (χ3n) is 1.49. The minimum atomic E-state index is 0.226. The second-order valence-electron chi connectivity index (χ2n) is 2.74. The lowest BCUT2D eigenvalue weighted by Crippen LogP contribution is -1.93. The molecule has 0 spiro atoms. The lowest BCUT2D eigenvalue weighted by Gasteiger charge is -1.96. The fraction of sp³-hybridized carbons (Fsp3) is 0.750. The molecule has 0 amide bonds. The molecule has 64 valence electrons. The highest BCUT2D eigenvalue weighted by Gasteiger charge is 1.95. The molecule has 0 aromatic heterocycles. The molecule has 0 bridgehead atoms. The van der Waals surface area contributed by atoms with Crippen molar-refractivity contribution in [3.63, 3.8) is 0 Å². The number of ketones is 1. The molecule has 0 aromatic rings. The minimum absolute atomic E-state index is 0.226.